The van der Waals surface area contributed by atoms with E-state index >= 15 is 0 Å². The van der Waals surface area contributed by atoms with Crippen molar-refractivity contribution >= 4 is 6.03 Å². The molecule has 0 aliphatic carbocycles. The molecule has 1 aromatic carbocycles. The van der Waals surface area contributed by atoms with Crippen LogP contribution in [0.2, 0.25) is 0 Å². The van der Waals surface area contributed by atoms with E-state index in [0.29, 0.717) is 12.5 Å². The molecule has 0 spiro atoms. The molecule has 0 saturated heterocycles. The van der Waals surface area contributed by atoms with Gasteiger partial charge in [0, 0.05) is 18.4 Å². The molecule has 0 fully saturated rings. The topological polar surface area (TPSA) is 37.3 Å². The highest BCUT2D eigenvalue weighted by Gasteiger charge is 2.30. The van der Waals surface area contributed by atoms with Crippen LogP contribution in [-0.2, 0) is 6.54 Å². The van der Waals surface area contributed by atoms with Gasteiger partial charge in [-0.3, -0.25) is 0 Å². The lowest BCUT2D eigenvalue weighted by Gasteiger charge is -2.30. The van der Waals surface area contributed by atoms with Gasteiger partial charge in [0.05, 0.1) is 18.3 Å². The van der Waals surface area contributed by atoms with Crippen LogP contribution in [0.4, 0.5) is 4.79 Å². The molecular weight excluding hydrogens is 298 g/mol. The summed E-state index contributed by atoms with van der Waals surface area (Å²) in [5.41, 5.74) is 3.54. The fourth-order valence-corrected chi connectivity index (χ4v) is 3.43. The van der Waals surface area contributed by atoms with E-state index < -0.39 is 0 Å². The van der Waals surface area contributed by atoms with E-state index in [-0.39, 0.29) is 12.1 Å². The van der Waals surface area contributed by atoms with Gasteiger partial charge >= 0.3 is 6.03 Å². The number of amides is 2. The number of carbonyl (C=O) groups excluding carboxylic acids is 1. The average Bonchev–Trinajstić information content (AvgIpc) is 2.99. The molecule has 2 aromatic rings. The average molecular weight is 325 g/mol. The maximum absolute atomic E-state index is 12.8. The van der Waals surface area contributed by atoms with E-state index in [2.05, 4.69) is 67.2 Å². The summed E-state index contributed by atoms with van der Waals surface area (Å²) in [6.45, 7) is 7.87. The van der Waals surface area contributed by atoms with E-state index in [0.717, 1.165) is 19.4 Å². The fraction of sp³-hybridized carbons (Fsp3) is 0.450. The second kappa shape index (κ2) is 7.12. The number of rotatable bonds is 4. The maximum atomic E-state index is 12.8. The molecule has 0 saturated carbocycles. The zero-order valence-corrected chi connectivity index (χ0v) is 14.8. The Morgan fingerprint density at radius 3 is 2.79 bits per heavy atom. The Morgan fingerprint density at radius 2 is 2.04 bits per heavy atom. The van der Waals surface area contributed by atoms with Crippen molar-refractivity contribution in [3.8, 4) is 5.69 Å². The van der Waals surface area contributed by atoms with Gasteiger partial charge in [0.15, 0.2) is 0 Å². The second-order valence-corrected chi connectivity index (χ2v) is 6.90. The summed E-state index contributed by atoms with van der Waals surface area (Å²) in [4.78, 5) is 14.8. The van der Waals surface area contributed by atoms with Gasteiger partial charge in [-0.25, -0.2) is 4.79 Å². The molecule has 2 heterocycles. The Morgan fingerprint density at radius 1 is 1.25 bits per heavy atom. The molecule has 3 rings (SSSR count). The summed E-state index contributed by atoms with van der Waals surface area (Å²) >= 11 is 0. The monoisotopic (exact) mass is 325 g/mol. The molecule has 1 N–H and O–H groups in total. The summed E-state index contributed by atoms with van der Waals surface area (Å²) in [5.74, 6) is 0.592. The van der Waals surface area contributed by atoms with Crippen molar-refractivity contribution in [2.75, 3.05) is 6.54 Å². The number of aromatic nitrogens is 1. The molecule has 0 unspecified atom stereocenters. The Kier molecular flexibility index (Phi) is 4.93. The molecule has 0 bridgehead atoms. The molecule has 1 aromatic heterocycles. The van der Waals surface area contributed by atoms with Crippen LogP contribution in [0.5, 0.6) is 0 Å². The molecule has 1 aliphatic rings. The molecular formula is C20H27N3O. The minimum Gasteiger partial charge on any atom is -0.338 e. The van der Waals surface area contributed by atoms with Crippen molar-refractivity contribution in [1.29, 1.82) is 0 Å². The highest BCUT2D eigenvalue weighted by Crippen LogP contribution is 2.33. The molecule has 1 aliphatic heterocycles. The number of nitrogens with zero attached hydrogens (tertiary/aromatic N) is 2. The van der Waals surface area contributed by atoms with Crippen LogP contribution >= 0.6 is 0 Å². The Labute approximate surface area is 144 Å². The first-order valence-electron chi connectivity index (χ1n) is 8.91. The smallest absolute Gasteiger partial charge is 0.318 e. The molecule has 2 amide bonds. The van der Waals surface area contributed by atoms with E-state index in [4.69, 9.17) is 0 Å². The minimum atomic E-state index is 0.0342. The summed E-state index contributed by atoms with van der Waals surface area (Å²) in [6, 6.07) is 12.7. The SMILES string of the molecule is CC[C@H]1c2cccn2-c2ccccc2CN1C(=O)NCCC(C)C. The summed E-state index contributed by atoms with van der Waals surface area (Å²) in [6.07, 6.45) is 4.00. The Bertz CT molecular complexity index is 704. The summed E-state index contributed by atoms with van der Waals surface area (Å²) in [5, 5.41) is 3.11. The zero-order chi connectivity index (χ0) is 17.1. The minimum absolute atomic E-state index is 0.0342. The third kappa shape index (κ3) is 3.18. The van der Waals surface area contributed by atoms with Crippen molar-refractivity contribution < 1.29 is 4.79 Å². The molecule has 4 heteroatoms. The Balaban J connectivity index is 1.91. The first kappa shape index (κ1) is 16.6. The molecule has 0 radical (unpaired) electrons. The first-order chi connectivity index (χ1) is 11.6. The second-order valence-electron chi connectivity index (χ2n) is 6.90. The normalized spacial score (nSPS) is 16.5. The largest absolute Gasteiger partial charge is 0.338 e. The van der Waals surface area contributed by atoms with Gasteiger partial charge in [-0.15, -0.1) is 0 Å². The van der Waals surface area contributed by atoms with Crippen LogP contribution < -0.4 is 5.32 Å². The highest BCUT2D eigenvalue weighted by atomic mass is 16.2. The van der Waals surface area contributed by atoms with Crippen molar-refractivity contribution in [3.05, 3.63) is 53.9 Å². The zero-order valence-electron chi connectivity index (χ0n) is 14.8. The van der Waals surface area contributed by atoms with Gasteiger partial charge in [-0.1, -0.05) is 39.0 Å². The number of benzene rings is 1. The summed E-state index contributed by atoms with van der Waals surface area (Å²) in [7, 11) is 0. The molecule has 128 valence electrons. The van der Waals surface area contributed by atoms with Crippen molar-refractivity contribution in [1.82, 2.24) is 14.8 Å². The Hall–Kier alpha value is -2.23. The van der Waals surface area contributed by atoms with Crippen molar-refractivity contribution in [2.24, 2.45) is 5.92 Å². The number of hydrogen-bond donors (Lipinski definition) is 1. The lowest BCUT2D eigenvalue weighted by molar-refractivity contribution is 0.167. The molecule has 1 atom stereocenters. The summed E-state index contributed by atoms with van der Waals surface area (Å²) < 4.78 is 2.23. The number of carbonyl (C=O) groups is 1. The van der Waals surface area contributed by atoms with Gasteiger partial charge in [0.2, 0.25) is 0 Å². The number of fused-ring (bicyclic) bond motifs is 3. The lowest BCUT2D eigenvalue weighted by atomic mass is 10.1. The quantitative estimate of drug-likeness (QED) is 0.883. The van der Waals surface area contributed by atoms with Gasteiger partial charge < -0.3 is 14.8 Å². The van der Waals surface area contributed by atoms with Gasteiger partial charge in [-0.05, 0) is 42.5 Å². The van der Waals surface area contributed by atoms with Crippen molar-refractivity contribution in [2.45, 2.75) is 46.2 Å². The van der Waals surface area contributed by atoms with Gasteiger partial charge in [0.1, 0.15) is 0 Å². The van der Waals surface area contributed by atoms with Crippen LogP contribution in [0, 0.1) is 5.92 Å². The van der Waals surface area contributed by atoms with E-state index in [9.17, 15) is 4.79 Å². The lowest BCUT2D eigenvalue weighted by Crippen LogP contribution is -2.42. The number of urea groups is 1. The van der Waals surface area contributed by atoms with Gasteiger partial charge in [-0.2, -0.15) is 0 Å². The number of hydrogen-bond acceptors (Lipinski definition) is 1. The van der Waals surface area contributed by atoms with Crippen LogP contribution in [0.15, 0.2) is 42.6 Å². The van der Waals surface area contributed by atoms with E-state index in [1.165, 1.54) is 16.9 Å². The maximum Gasteiger partial charge on any atom is 0.318 e. The predicted molar refractivity (Wildman–Crippen MR) is 97.2 cm³/mol. The predicted octanol–water partition coefficient (Wildman–Crippen LogP) is 4.50. The number of nitrogens with one attached hydrogen (secondary N) is 1. The van der Waals surface area contributed by atoms with Crippen LogP contribution in [0.25, 0.3) is 5.69 Å². The molecule has 24 heavy (non-hydrogen) atoms. The van der Waals surface area contributed by atoms with Crippen LogP contribution in [0.3, 0.4) is 0 Å². The fourth-order valence-electron chi connectivity index (χ4n) is 3.43. The third-order valence-electron chi connectivity index (χ3n) is 4.74. The standard InChI is InChI=1S/C20H27N3O/c1-4-17-19-10-7-13-22(19)18-9-6-5-8-16(18)14-23(17)20(24)21-12-11-15(2)3/h5-10,13,15,17H,4,11-12,14H2,1-3H3,(H,21,24)/t17-/m0/s1. The van der Waals surface area contributed by atoms with Crippen LogP contribution in [-0.4, -0.2) is 22.0 Å². The molecule has 4 nitrogen and oxygen atoms in total. The first-order valence-corrected chi connectivity index (χ1v) is 8.91. The van der Waals surface area contributed by atoms with E-state index in [1.807, 2.05) is 11.0 Å². The van der Waals surface area contributed by atoms with E-state index in [1.54, 1.807) is 0 Å². The highest BCUT2D eigenvalue weighted by molar-refractivity contribution is 5.75. The van der Waals surface area contributed by atoms with Gasteiger partial charge in [0.25, 0.3) is 0 Å². The third-order valence-corrected chi connectivity index (χ3v) is 4.74. The number of para-hydroxylation sites is 1. The van der Waals surface area contributed by atoms with Crippen LogP contribution in [0.1, 0.15) is 50.9 Å². The van der Waals surface area contributed by atoms with Crippen molar-refractivity contribution in [3.63, 3.8) is 0 Å².